The minimum Gasteiger partial charge on any atom is -0.468 e. The molecule has 2 rings (SSSR count). The minimum atomic E-state index is -0.456. The Morgan fingerprint density at radius 1 is 1.14 bits per heavy atom. The number of carbonyl (C=O) groups is 1. The van der Waals surface area contributed by atoms with Crippen LogP contribution in [0.5, 0.6) is 0 Å². The van der Waals surface area contributed by atoms with E-state index in [1.807, 2.05) is 0 Å². The monoisotopic (exact) mass is 295 g/mol. The summed E-state index contributed by atoms with van der Waals surface area (Å²) in [6, 6.07) is 0.490. The van der Waals surface area contributed by atoms with Gasteiger partial charge < -0.3 is 4.74 Å². The Hall–Kier alpha value is -0.570. The number of ether oxygens (including phenoxy) is 1. The van der Waals surface area contributed by atoms with Crippen molar-refractivity contribution in [3.8, 4) is 0 Å². The lowest BCUT2D eigenvalue weighted by molar-refractivity contribution is -0.156. The number of nitrogens with one attached hydrogen (secondary N) is 1. The zero-order valence-electron chi connectivity index (χ0n) is 14.3. The number of esters is 1. The molecule has 0 radical (unpaired) electrons. The lowest BCUT2D eigenvalue weighted by atomic mass is 9.64. The van der Waals surface area contributed by atoms with Crippen LogP contribution in [0.4, 0.5) is 0 Å². The molecule has 0 saturated heterocycles. The molecule has 0 aromatic heterocycles. The zero-order chi connectivity index (χ0) is 15.5. The number of rotatable bonds is 4. The summed E-state index contributed by atoms with van der Waals surface area (Å²) in [4.78, 5) is 12.7. The Morgan fingerprint density at radius 3 is 2.38 bits per heavy atom. The molecule has 0 aliphatic heterocycles. The third kappa shape index (κ3) is 3.61. The van der Waals surface area contributed by atoms with Gasteiger partial charge in [0.1, 0.15) is 5.54 Å². The average Bonchev–Trinajstić information content (AvgIpc) is 2.47. The van der Waals surface area contributed by atoms with E-state index in [1.54, 1.807) is 7.11 Å². The molecule has 2 aliphatic carbocycles. The molecule has 0 aromatic rings. The minimum absolute atomic E-state index is 0.0293. The molecule has 3 nitrogen and oxygen atoms in total. The predicted octanol–water partition coefficient (Wildman–Crippen LogP) is 3.91. The van der Waals surface area contributed by atoms with Gasteiger partial charge in [0.25, 0.3) is 0 Å². The lowest BCUT2D eigenvalue weighted by Crippen LogP contribution is -2.64. The molecule has 0 aromatic carbocycles. The maximum atomic E-state index is 12.7. The summed E-state index contributed by atoms with van der Waals surface area (Å²) in [7, 11) is 1.54. The van der Waals surface area contributed by atoms with Gasteiger partial charge in [0.05, 0.1) is 7.11 Å². The smallest absolute Gasteiger partial charge is 0.326 e. The largest absolute Gasteiger partial charge is 0.468 e. The van der Waals surface area contributed by atoms with Gasteiger partial charge in [-0.25, -0.2) is 0 Å². The molecular formula is C18H33NO2. The summed E-state index contributed by atoms with van der Waals surface area (Å²) in [6.07, 6.45) is 9.62. The Morgan fingerprint density at radius 2 is 1.81 bits per heavy atom. The fourth-order valence-corrected chi connectivity index (χ4v) is 4.67. The van der Waals surface area contributed by atoms with E-state index in [0.29, 0.717) is 23.8 Å². The SMILES string of the molecule is COC(=O)C1(NC2CCCCC2)CC(C)CCC1C(C)C. The maximum absolute atomic E-state index is 12.7. The van der Waals surface area contributed by atoms with E-state index in [9.17, 15) is 4.79 Å². The van der Waals surface area contributed by atoms with Crippen molar-refractivity contribution in [2.45, 2.75) is 83.7 Å². The molecule has 2 aliphatic rings. The van der Waals surface area contributed by atoms with Gasteiger partial charge in [-0.2, -0.15) is 0 Å². The Bertz CT molecular complexity index is 349. The van der Waals surface area contributed by atoms with Crippen LogP contribution in [-0.2, 0) is 9.53 Å². The number of hydrogen-bond donors (Lipinski definition) is 1. The quantitative estimate of drug-likeness (QED) is 0.799. The van der Waals surface area contributed by atoms with Gasteiger partial charge >= 0.3 is 5.97 Å². The fraction of sp³-hybridized carbons (Fsp3) is 0.944. The van der Waals surface area contributed by atoms with Crippen LogP contribution in [0, 0.1) is 17.8 Å². The second kappa shape index (κ2) is 7.13. The van der Waals surface area contributed by atoms with E-state index >= 15 is 0 Å². The van der Waals surface area contributed by atoms with Crippen LogP contribution in [-0.4, -0.2) is 24.7 Å². The highest BCUT2D eigenvalue weighted by atomic mass is 16.5. The molecule has 3 unspecified atom stereocenters. The summed E-state index contributed by atoms with van der Waals surface area (Å²) >= 11 is 0. The van der Waals surface area contributed by atoms with Crippen molar-refractivity contribution in [1.82, 2.24) is 5.32 Å². The van der Waals surface area contributed by atoms with Gasteiger partial charge in [-0.05, 0) is 43.4 Å². The van der Waals surface area contributed by atoms with E-state index in [2.05, 4.69) is 26.1 Å². The molecule has 2 fully saturated rings. The third-order valence-electron chi connectivity index (χ3n) is 5.70. The van der Waals surface area contributed by atoms with Gasteiger partial charge in [0.15, 0.2) is 0 Å². The summed E-state index contributed by atoms with van der Waals surface area (Å²) in [5.41, 5.74) is -0.456. The van der Waals surface area contributed by atoms with Gasteiger partial charge in [-0.1, -0.05) is 46.5 Å². The van der Waals surface area contributed by atoms with Gasteiger partial charge in [0.2, 0.25) is 0 Å². The summed E-state index contributed by atoms with van der Waals surface area (Å²) < 4.78 is 5.26. The first kappa shape index (κ1) is 16.8. The molecule has 1 N–H and O–H groups in total. The molecule has 122 valence electrons. The number of carbonyl (C=O) groups excluding carboxylic acids is 1. The van der Waals surface area contributed by atoms with Crippen LogP contribution in [0.3, 0.4) is 0 Å². The molecule has 2 saturated carbocycles. The lowest BCUT2D eigenvalue weighted by Gasteiger charge is -2.48. The third-order valence-corrected chi connectivity index (χ3v) is 5.70. The molecule has 3 heteroatoms. The standard InChI is InChI=1S/C18H33NO2/c1-13(2)16-11-10-14(3)12-18(16,17(20)21-4)19-15-8-6-5-7-9-15/h13-16,19H,5-12H2,1-4H3. The highest BCUT2D eigenvalue weighted by Crippen LogP contribution is 2.42. The Balaban J connectivity index is 2.25. The van der Waals surface area contributed by atoms with Crippen LogP contribution in [0.25, 0.3) is 0 Å². The zero-order valence-corrected chi connectivity index (χ0v) is 14.3. The molecule has 0 bridgehead atoms. The predicted molar refractivity (Wildman–Crippen MR) is 86.1 cm³/mol. The molecule has 3 atom stereocenters. The fourth-order valence-electron chi connectivity index (χ4n) is 4.67. The number of methoxy groups -OCH3 is 1. The van der Waals surface area contributed by atoms with E-state index in [-0.39, 0.29) is 5.97 Å². The van der Waals surface area contributed by atoms with Crippen molar-refractivity contribution in [3.63, 3.8) is 0 Å². The highest BCUT2D eigenvalue weighted by molar-refractivity contribution is 5.81. The highest BCUT2D eigenvalue weighted by Gasteiger charge is 2.51. The van der Waals surface area contributed by atoms with E-state index in [0.717, 1.165) is 12.8 Å². The first-order valence-electron chi connectivity index (χ1n) is 8.85. The summed E-state index contributed by atoms with van der Waals surface area (Å²) in [6.45, 7) is 6.78. The van der Waals surface area contributed by atoms with Gasteiger partial charge in [0, 0.05) is 6.04 Å². The molecule has 0 heterocycles. The van der Waals surface area contributed by atoms with Crippen molar-refractivity contribution >= 4 is 5.97 Å². The van der Waals surface area contributed by atoms with Crippen molar-refractivity contribution in [1.29, 1.82) is 0 Å². The van der Waals surface area contributed by atoms with Crippen LogP contribution in [0.1, 0.15) is 72.1 Å². The van der Waals surface area contributed by atoms with Crippen molar-refractivity contribution < 1.29 is 9.53 Å². The van der Waals surface area contributed by atoms with Gasteiger partial charge in [-0.3, -0.25) is 10.1 Å². The van der Waals surface area contributed by atoms with Gasteiger partial charge in [-0.15, -0.1) is 0 Å². The van der Waals surface area contributed by atoms with E-state index < -0.39 is 5.54 Å². The van der Waals surface area contributed by atoms with E-state index in [1.165, 1.54) is 38.5 Å². The summed E-state index contributed by atoms with van der Waals surface area (Å²) in [5.74, 6) is 1.46. The Labute approximate surface area is 130 Å². The second-order valence-electron chi connectivity index (χ2n) is 7.68. The normalized spacial score (nSPS) is 34.9. The topological polar surface area (TPSA) is 38.3 Å². The molecular weight excluding hydrogens is 262 g/mol. The van der Waals surface area contributed by atoms with Crippen LogP contribution >= 0.6 is 0 Å². The van der Waals surface area contributed by atoms with Crippen LogP contribution in [0.2, 0.25) is 0 Å². The van der Waals surface area contributed by atoms with Crippen LogP contribution in [0.15, 0.2) is 0 Å². The average molecular weight is 295 g/mol. The number of hydrogen-bond acceptors (Lipinski definition) is 3. The first-order valence-corrected chi connectivity index (χ1v) is 8.85. The maximum Gasteiger partial charge on any atom is 0.326 e. The Kier molecular flexibility index (Phi) is 5.70. The van der Waals surface area contributed by atoms with E-state index in [4.69, 9.17) is 4.74 Å². The van der Waals surface area contributed by atoms with Crippen molar-refractivity contribution in [3.05, 3.63) is 0 Å². The van der Waals surface area contributed by atoms with Crippen molar-refractivity contribution in [2.24, 2.45) is 17.8 Å². The van der Waals surface area contributed by atoms with Crippen LogP contribution < -0.4 is 5.32 Å². The molecule has 21 heavy (non-hydrogen) atoms. The second-order valence-corrected chi connectivity index (χ2v) is 7.68. The molecule has 0 amide bonds. The molecule has 0 spiro atoms. The summed E-state index contributed by atoms with van der Waals surface area (Å²) in [5, 5.41) is 3.81. The first-order chi connectivity index (χ1) is 9.99. The van der Waals surface area contributed by atoms with Crippen molar-refractivity contribution in [2.75, 3.05) is 7.11 Å².